The van der Waals surface area contributed by atoms with Crippen LogP contribution in [0, 0.1) is 31.6 Å². The summed E-state index contributed by atoms with van der Waals surface area (Å²) in [5.41, 5.74) is -0.331. The van der Waals surface area contributed by atoms with Crippen LogP contribution < -0.4 is 5.32 Å². The molecule has 4 heteroatoms. The Morgan fingerprint density at radius 3 is 2.71 bits per heavy atom. The average Bonchev–Trinajstić information content (AvgIpc) is 3.11. The number of hydrogen-bond acceptors (Lipinski definition) is 3. The summed E-state index contributed by atoms with van der Waals surface area (Å²) in [6.07, 6.45) is 4.73. The van der Waals surface area contributed by atoms with Gasteiger partial charge in [0.25, 0.3) is 0 Å². The van der Waals surface area contributed by atoms with Crippen LogP contribution in [0.15, 0.2) is 10.5 Å². The van der Waals surface area contributed by atoms with Gasteiger partial charge < -0.3 is 14.8 Å². The van der Waals surface area contributed by atoms with E-state index in [1.807, 2.05) is 19.9 Å². The molecule has 2 aliphatic carbocycles. The third-order valence-electron chi connectivity index (χ3n) is 5.30. The molecule has 2 fully saturated rings. The molecular weight excluding hydrogens is 266 g/mol. The highest BCUT2D eigenvalue weighted by molar-refractivity contribution is 5.79. The van der Waals surface area contributed by atoms with E-state index in [2.05, 4.69) is 5.32 Å². The maximum Gasteiger partial charge on any atom is 0.223 e. The molecule has 3 rings (SSSR count). The van der Waals surface area contributed by atoms with Crippen molar-refractivity contribution in [3.05, 3.63) is 23.2 Å². The van der Waals surface area contributed by atoms with E-state index in [0.29, 0.717) is 11.7 Å². The Labute approximate surface area is 125 Å². The maximum absolute atomic E-state index is 12.4. The van der Waals surface area contributed by atoms with E-state index in [-0.39, 0.29) is 18.4 Å². The quantitative estimate of drug-likeness (QED) is 0.896. The summed E-state index contributed by atoms with van der Waals surface area (Å²) in [6.45, 7) is 5.67. The summed E-state index contributed by atoms with van der Waals surface area (Å²) in [7, 11) is 0. The van der Waals surface area contributed by atoms with Crippen molar-refractivity contribution >= 4 is 5.91 Å². The van der Waals surface area contributed by atoms with Gasteiger partial charge in [0.05, 0.1) is 6.54 Å². The molecule has 116 valence electrons. The number of aryl methyl sites for hydroxylation is 2. The van der Waals surface area contributed by atoms with Crippen LogP contribution in [-0.2, 0) is 10.4 Å². The molecule has 4 nitrogen and oxygen atoms in total. The number of nitrogens with one attached hydrogen (secondary N) is 1. The molecule has 1 aromatic rings. The zero-order valence-electron chi connectivity index (χ0n) is 13.1. The monoisotopic (exact) mass is 291 g/mol. The molecule has 1 heterocycles. The number of amides is 1. The zero-order chi connectivity index (χ0) is 15.2. The van der Waals surface area contributed by atoms with Crippen LogP contribution in [0.3, 0.4) is 0 Å². The van der Waals surface area contributed by atoms with Gasteiger partial charge >= 0.3 is 0 Å². The minimum absolute atomic E-state index is 0.111. The number of fused-ring (bicyclic) bond motifs is 2. The lowest BCUT2D eigenvalue weighted by Gasteiger charge is -2.26. The third kappa shape index (κ3) is 2.73. The van der Waals surface area contributed by atoms with Crippen molar-refractivity contribution in [1.82, 2.24) is 5.32 Å². The average molecular weight is 291 g/mol. The highest BCUT2D eigenvalue weighted by atomic mass is 16.3. The van der Waals surface area contributed by atoms with Crippen molar-refractivity contribution in [1.29, 1.82) is 0 Å². The van der Waals surface area contributed by atoms with Crippen LogP contribution >= 0.6 is 0 Å². The maximum atomic E-state index is 12.4. The fourth-order valence-corrected chi connectivity index (χ4v) is 4.22. The first-order chi connectivity index (χ1) is 9.87. The number of furan rings is 1. The normalized spacial score (nSPS) is 30.4. The second-order valence-corrected chi connectivity index (χ2v) is 7.10. The standard InChI is InChI=1S/C17H25NO3/c1-10-6-15(11(2)21-10)17(3,20)9-18-16(19)14-8-12-4-5-13(14)7-12/h6,12-14,20H,4-5,7-9H2,1-3H3,(H,18,19). The van der Waals surface area contributed by atoms with Gasteiger partial charge in [-0.25, -0.2) is 0 Å². The number of carbonyl (C=O) groups excluding carboxylic acids is 1. The molecule has 2 bridgehead atoms. The molecule has 2 N–H and O–H groups in total. The fourth-order valence-electron chi connectivity index (χ4n) is 4.22. The zero-order valence-corrected chi connectivity index (χ0v) is 13.1. The van der Waals surface area contributed by atoms with E-state index < -0.39 is 5.60 Å². The predicted molar refractivity (Wildman–Crippen MR) is 79.7 cm³/mol. The summed E-state index contributed by atoms with van der Waals surface area (Å²) < 4.78 is 5.47. The van der Waals surface area contributed by atoms with E-state index >= 15 is 0 Å². The molecular formula is C17H25NO3. The minimum Gasteiger partial charge on any atom is -0.466 e. The van der Waals surface area contributed by atoms with Gasteiger partial charge in [0.15, 0.2) is 0 Å². The Morgan fingerprint density at radius 2 is 2.19 bits per heavy atom. The largest absolute Gasteiger partial charge is 0.466 e. The molecule has 4 unspecified atom stereocenters. The van der Waals surface area contributed by atoms with Gasteiger partial charge in [0.2, 0.25) is 5.91 Å². The number of hydrogen-bond donors (Lipinski definition) is 2. The Hall–Kier alpha value is -1.29. The smallest absolute Gasteiger partial charge is 0.223 e. The van der Waals surface area contributed by atoms with Crippen molar-refractivity contribution in [2.24, 2.45) is 17.8 Å². The van der Waals surface area contributed by atoms with Gasteiger partial charge in [-0.3, -0.25) is 4.79 Å². The van der Waals surface area contributed by atoms with Gasteiger partial charge in [-0.2, -0.15) is 0 Å². The summed E-state index contributed by atoms with van der Waals surface area (Å²) in [5, 5.41) is 13.6. The molecule has 4 atom stereocenters. The lowest BCUT2D eigenvalue weighted by molar-refractivity contribution is -0.127. The van der Waals surface area contributed by atoms with Crippen molar-refractivity contribution in [2.75, 3.05) is 6.54 Å². The Bertz CT molecular complexity index is 546. The van der Waals surface area contributed by atoms with Crippen LogP contribution in [0.2, 0.25) is 0 Å². The van der Waals surface area contributed by atoms with E-state index in [1.165, 1.54) is 19.3 Å². The van der Waals surface area contributed by atoms with E-state index in [4.69, 9.17) is 4.42 Å². The molecule has 2 saturated carbocycles. The summed E-state index contributed by atoms with van der Waals surface area (Å²) in [5.74, 6) is 3.09. The second kappa shape index (κ2) is 5.16. The highest BCUT2D eigenvalue weighted by Gasteiger charge is 2.43. The van der Waals surface area contributed by atoms with E-state index in [1.54, 1.807) is 6.92 Å². The summed E-state index contributed by atoms with van der Waals surface area (Å²) in [4.78, 5) is 12.4. The molecule has 21 heavy (non-hydrogen) atoms. The predicted octanol–water partition coefficient (Wildman–Crippen LogP) is 2.66. The molecule has 0 aliphatic heterocycles. The van der Waals surface area contributed by atoms with Crippen molar-refractivity contribution in [2.45, 2.75) is 52.1 Å². The van der Waals surface area contributed by atoms with Crippen LogP contribution in [0.4, 0.5) is 0 Å². The second-order valence-electron chi connectivity index (χ2n) is 7.10. The van der Waals surface area contributed by atoms with Crippen LogP contribution in [-0.4, -0.2) is 17.6 Å². The lowest BCUT2D eigenvalue weighted by atomic mass is 9.88. The molecule has 0 radical (unpaired) electrons. The molecule has 1 aromatic heterocycles. The van der Waals surface area contributed by atoms with Gasteiger partial charge in [-0.05, 0) is 57.9 Å². The Morgan fingerprint density at radius 1 is 1.43 bits per heavy atom. The minimum atomic E-state index is -1.09. The molecule has 0 spiro atoms. The van der Waals surface area contributed by atoms with Gasteiger partial charge in [0, 0.05) is 11.5 Å². The van der Waals surface area contributed by atoms with Crippen molar-refractivity contribution < 1.29 is 14.3 Å². The topological polar surface area (TPSA) is 62.5 Å². The van der Waals surface area contributed by atoms with Crippen molar-refractivity contribution in [3.8, 4) is 0 Å². The first kappa shape index (κ1) is 14.6. The number of carbonyl (C=O) groups is 1. The first-order valence-electron chi connectivity index (χ1n) is 7.94. The molecule has 2 aliphatic rings. The Kier molecular flexibility index (Phi) is 3.60. The Balaban J connectivity index is 1.61. The molecule has 0 aromatic carbocycles. The van der Waals surface area contributed by atoms with Crippen molar-refractivity contribution in [3.63, 3.8) is 0 Å². The SMILES string of the molecule is Cc1cc(C(C)(O)CNC(=O)C2CC3CCC2C3)c(C)o1. The summed E-state index contributed by atoms with van der Waals surface area (Å²) in [6, 6.07) is 1.85. The van der Waals surface area contributed by atoms with Crippen LogP contribution in [0.25, 0.3) is 0 Å². The van der Waals surface area contributed by atoms with E-state index in [0.717, 1.165) is 23.7 Å². The van der Waals surface area contributed by atoms with E-state index in [9.17, 15) is 9.90 Å². The van der Waals surface area contributed by atoms with Gasteiger partial charge in [0.1, 0.15) is 17.1 Å². The van der Waals surface area contributed by atoms with Crippen LogP contribution in [0.5, 0.6) is 0 Å². The molecule has 1 amide bonds. The third-order valence-corrected chi connectivity index (χ3v) is 5.30. The lowest BCUT2D eigenvalue weighted by Crippen LogP contribution is -2.42. The first-order valence-corrected chi connectivity index (χ1v) is 7.94. The number of rotatable bonds is 4. The van der Waals surface area contributed by atoms with Gasteiger partial charge in [-0.1, -0.05) is 6.42 Å². The highest BCUT2D eigenvalue weighted by Crippen LogP contribution is 2.48. The fraction of sp³-hybridized carbons (Fsp3) is 0.706. The summed E-state index contributed by atoms with van der Waals surface area (Å²) >= 11 is 0. The van der Waals surface area contributed by atoms with Crippen LogP contribution in [0.1, 0.15) is 49.7 Å². The van der Waals surface area contributed by atoms with Gasteiger partial charge in [-0.15, -0.1) is 0 Å². The molecule has 0 saturated heterocycles. The number of aliphatic hydroxyl groups is 1.